The number of anilines is 1. The van der Waals surface area contributed by atoms with Crippen LogP contribution in [0.15, 0.2) is 42.5 Å². The van der Waals surface area contributed by atoms with Crippen molar-refractivity contribution in [3.63, 3.8) is 0 Å². The molecule has 1 aliphatic heterocycles. The van der Waals surface area contributed by atoms with E-state index in [0.29, 0.717) is 0 Å². The van der Waals surface area contributed by atoms with Gasteiger partial charge in [0.1, 0.15) is 0 Å². The van der Waals surface area contributed by atoms with Crippen LogP contribution in [0.25, 0.3) is 0 Å². The van der Waals surface area contributed by atoms with E-state index >= 15 is 0 Å². The van der Waals surface area contributed by atoms with Gasteiger partial charge in [0.05, 0.1) is 11.2 Å². The van der Waals surface area contributed by atoms with Gasteiger partial charge in [-0.15, -0.1) is 0 Å². The van der Waals surface area contributed by atoms with E-state index in [1.807, 2.05) is 91.1 Å². The van der Waals surface area contributed by atoms with Crippen molar-refractivity contribution in [1.29, 1.82) is 0 Å². The molecule has 5 heteroatoms. The van der Waals surface area contributed by atoms with Crippen LogP contribution in [0.1, 0.15) is 49.2 Å². The molecule has 3 rings (SSSR count). The highest BCUT2D eigenvalue weighted by atomic mass is 16.7. The lowest BCUT2D eigenvalue weighted by Crippen LogP contribution is -2.41. The number of rotatable bonds is 3. The molecule has 0 unspecified atom stereocenters. The molecule has 0 N–H and O–H groups in total. The molecule has 27 heavy (non-hydrogen) atoms. The van der Waals surface area contributed by atoms with Crippen LogP contribution in [-0.4, -0.2) is 31.3 Å². The Morgan fingerprint density at radius 3 is 2.07 bits per heavy atom. The van der Waals surface area contributed by atoms with Gasteiger partial charge in [-0.1, -0.05) is 30.3 Å². The summed E-state index contributed by atoms with van der Waals surface area (Å²) < 4.78 is 12.3. The zero-order chi connectivity index (χ0) is 20.0. The Labute approximate surface area is 162 Å². The Morgan fingerprint density at radius 2 is 1.52 bits per heavy atom. The van der Waals surface area contributed by atoms with E-state index in [9.17, 15) is 4.79 Å². The maximum Gasteiger partial charge on any atom is 0.494 e. The zero-order valence-corrected chi connectivity index (χ0v) is 17.3. The smallest absolute Gasteiger partial charge is 0.399 e. The lowest BCUT2D eigenvalue weighted by molar-refractivity contribution is 0.00578. The standard InChI is InChI=1S/C22H28BNO3/c1-15-10-8-9-11-18(15)20(25)24(7)19-13-12-17(14-16(19)2)23-26-21(3,4)22(5,6)27-23/h8-14H,1-7H3. The normalized spacial score (nSPS) is 17.8. The molecular formula is C22H28BNO3. The number of carbonyl (C=O) groups is 1. The molecule has 0 spiro atoms. The summed E-state index contributed by atoms with van der Waals surface area (Å²) >= 11 is 0. The van der Waals surface area contributed by atoms with Crippen molar-refractivity contribution < 1.29 is 14.1 Å². The first-order chi connectivity index (χ1) is 12.5. The van der Waals surface area contributed by atoms with Gasteiger partial charge in [0.15, 0.2) is 0 Å². The molecule has 0 atom stereocenters. The highest BCUT2D eigenvalue weighted by molar-refractivity contribution is 6.62. The molecule has 0 saturated carbocycles. The topological polar surface area (TPSA) is 38.8 Å². The third-order valence-corrected chi connectivity index (χ3v) is 5.79. The van der Waals surface area contributed by atoms with E-state index in [2.05, 4.69) is 0 Å². The van der Waals surface area contributed by atoms with E-state index in [0.717, 1.165) is 27.8 Å². The van der Waals surface area contributed by atoms with Crippen molar-refractivity contribution in [2.24, 2.45) is 0 Å². The minimum atomic E-state index is -0.403. The van der Waals surface area contributed by atoms with Gasteiger partial charge >= 0.3 is 7.12 Å². The number of benzene rings is 2. The number of nitrogens with zero attached hydrogens (tertiary/aromatic N) is 1. The fraction of sp³-hybridized carbons (Fsp3) is 0.409. The number of hydrogen-bond acceptors (Lipinski definition) is 3. The van der Waals surface area contributed by atoms with Crippen LogP contribution >= 0.6 is 0 Å². The highest BCUT2D eigenvalue weighted by Crippen LogP contribution is 2.36. The maximum absolute atomic E-state index is 12.9. The Balaban J connectivity index is 1.85. The summed E-state index contributed by atoms with van der Waals surface area (Å²) in [5.74, 6) is -0.0143. The summed E-state index contributed by atoms with van der Waals surface area (Å²) in [6.45, 7) is 12.1. The van der Waals surface area contributed by atoms with E-state index < -0.39 is 7.12 Å². The summed E-state index contributed by atoms with van der Waals surface area (Å²) in [7, 11) is 1.41. The summed E-state index contributed by atoms with van der Waals surface area (Å²) in [5, 5.41) is 0. The van der Waals surface area contributed by atoms with Crippen molar-refractivity contribution in [1.82, 2.24) is 0 Å². The molecule has 1 amide bonds. The highest BCUT2D eigenvalue weighted by Gasteiger charge is 2.51. The minimum absolute atomic E-state index is 0.0143. The van der Waals surface area contributed by atoms with Crippen molar-refractivity contribution in [2.75, 3.05) is 11.9 Å². The van der Waals surface area contributed by atoms with Crippen molar-refractivity contribution in [2.45, 2.75) is 52.7 Å². The summed E-state index contributed by atoms with van der Waals surface area (Å²) in [4.78, 5) is 14.6. The average Bonchev–Trinajstić information content (AvgIpc) is 2.82. The molecule has 0 aromatic heterocycles. The Bertz CT molecular complexity index is 860. The van der Waals surface area contributed by atoms with Crippen LogP contribution in [0, 0.1) is 13.8 Å². The van der Waals surface area contributed by atoms with Crippen LogP contribution < -0.4 is 10.4 Å². The molecule has 142 valence electrons. The molecule has 0 aliphatic carbocycles. The molecule has 2 aromatic rings. The average molecular weight is 365 g/mol. The van der Waals surface area contributed by atoms with Gasteiger partial charge in [0.2, 0.25) is 0 Å². The van der Waals surface area contributed by atoms with Crippen LogP contribution in [0.5, 0.6) is 0 Å². The van der Waals surface area contributed by atoms with Gasteiger partial charge < -0.3 is 14.2 Å². The zero-order valence-electron chi connectivity index (χ0n) is 17.3. The lowest BCUT2D eigenvalue weighted by atomic mass is 9.78. The van der Waals surface area contributed by atoms with Gasteiger partial charge in [0, 0.05) is 18.3 Å². The van der Waals surface area contributed by atoms with Gasteiger partial charge in [-0.2, -0.15) is 0 Å². The number of aryl methyl sites for hydroxylation is 2. The molecule has 0 radical (unpaired) electrons. The van der Waals surface area contributed by atoms with Crippen LogP contribution in [0.4, 0.5) is 5.69 Å². The summed E-state index contributed by atoms with van der Waals surface area (Å²) in [5.41, 5.74) is 3.79. The maximum atomic E-state index is 12.9. The third kappa shape index (κ3) is 3.54. The quantitative estimate of drug-likeness (QED) is 0.775. The predicted octanol–water partition coefficient (Wildman–Crippen LogP) is 3.88. The molecule has 1 heterocycles. The second-order valence-electron chi connectivity index (χ2n) is 8.31. The molecular weight excluding hydrogens is 337 g/mol. The number of carbonyl (C=O) groups excluding carboxylic acids is 1. The van der Waals surface area contributed by atoms with E-state index in [4.69, 9.17) is 9.31 Å². The SMILES string of the molecule is Cc1ccccc1C(=O)N(C)c1ccc(B2OC(C)(C)C(C)(C)O2)cc1C. The molecule has 2 aromatic carbocycles. The second-order valence-corrected chi connectivity index (χ2v) is 8.31. The monoisotopic (exact) mass is 365 g/mol. The van der Waals surface area contributed by atoms with Gasteiger partial charge in [-0.05, 0) is 70.3 Å². The fourth-order valence-corrected chi connectivity index (χ4v) is 3.28. The Kier molecular flexibility index (Phi) is 4.95. The summed E-state index contributed by atoms with van der Waals surface area (Å²) in [6, 6.07) is 13.6. The fourth-order valence-electron chi connectivity index (χ4n) is 3.28. The first-order valence-electron chi connectivity index (χ1n) is 9.33. The van der Waals surface area contributed by atoms with Gasteiger partial charge in [-0.25, -0.2) is 0 Å². The van der Waals surface area contributed by atoms with Gasteiger partial charge in [0.25, 0.3) is 5.91 Å². The lowest BCUT2D eigenvalue weighted by Gasteiger charge is -2.32. The van der Waals surface area contributed by atoms with E-state index in [1.165, 1.54) is 0 Å². The molecule has 4 nitrogen and oxygen atoms in total. The molecule has 1 aliphatic rings. The number of hydrogen-bond donors (Lipinski definition) is 0. The van der Waals surface area contributed by atoms with Crippen LogP contribution in [0.3, 0.4) is 0 Å². The van der Waals surface area contributed by atoms with Crippen molar-refractivity contribution in [3.8, 4) is 0 Å². The van der Waals surface area contributed by atoms with Crippen molar-refractivity contribution in [3.05, 3.63) is 59.2 Å². The van der Waals surface area contributed by atoms with Crippen LogP contribution in [0.2, 0.25) is 0 Å². The summed E-state index contributed by atoms with van der Waals surface area (Å²) in [6.07, 6.45) is 0. The third-order valence-electron chi connectivity index (χ3n) is 5.79. The van der Waals surface area contributed by atoms with Crippen LogP contribution in [-0.2, 0) is 9.31 Å². The van der Waals surface area contributed by atoms with E-state index in [-0.39, 0.29) is 17.1 Å². The molecule has 1 fully saturated rings. The number of amides is 1. The Hall–Kier alpha value is -2.11. The largest absolute Gasteiger partial charge is 0.494 e. The predicted molar refractivity (Wildman–Crippen MR) is 111 cm³/mol. The minimum Gasteiger partial charge on any atom is -0.399 e. The van der Waals surface area contributed by atoms with Gasteiger partial charge in [-0.3, -0.25) is 4.79 Å². The molecule has 0 bridgehead atoms. The van der Waals surface area contributed by atoms with Crippen molar-refractivity contribution >= 4 is 24.2 Å². The second kappa shape index (κ2) is 6.81. The molecule has 1 saturated heterocycles. The first kappa shape index (κ1) is 19.7. The first-order valence-corrected chi connectivity index (χ1v) is 9.33. The Morgan fingerprint density at radius 1 is 0.926 bits per heavy atom. The van der Waals surface area contributed by atoms with E-state index in [1.54, 1.807) is 4.90 Å².